The summed E-state index contributed by atoms with van der Waals surface area (Å²) < 4.78 is 14.1. The SMILES string of the molecule is Oc1cc(F)cc(CNc2ccc(Cl)cc2I)c1. The van der Waals surface area contributed by atoms with Gasteiger partial charge in [0.05, 0.1) is 0 Å². The van der Waals surface area contributed by atoms with E-state index < -0.39 is 5.82 Å². The van der Waals surface area contributed by atoms with Gasteiger partial charge in [-0.2, -0.15) is 0 Å². The molecule has 0 aliphatic heterocycles. The first-order valence-corrected chi connectivity index (χ1v) is 6.67. The molecule has 0 aromatic heterocycles. The van der Waals surface area contributed by atoms with Crippen LogP contribution in [0.5, 0.6) is 5.75 Å². The molecule has 2 rings (SSSR count). The van der Waals surface area contributed by atoms with E-state index in [0.717, 1.165) is 15.3 Å². The van der Waals surface area contributed by atoms with E-state index in [1.165, 1.54) is 12.1 Å². The lowest BCUT2D eigenvalue weighted by atomic mass is 10.2. The summed E-state index contributed by atoms with van der Waals surface area (Å²) in [4.78, 5) is 0. The van der Waals surface area contributed by atoms with E-state index in [9.17, 15) is 9.50 Å². The van der Waals surface area contributed by atoms with Gasteiger partial charge in [0.2, 0.25) is 0 Å². The van der Waals surface area contributed by atoms with Gasteiger partial charge in [-0.05, 0) is 58.5 Å². The second kappa shape index (κ2) is 5.75. The largest absolute Gasteiger partial charge is 0.508 e. The van der Waals surface area contributed by atoms with Crippen LogP contribution in [0.3, 0.4) is 0 Å². The minimum atomic E-state index is -0.447. The molecule has 94 valence electrons. The highest BCUT2D eigenvalue weighted by molar-refractivity contribution is 14.1. The monoisotopic (exact) mass is 377 g/mol. The van der Waals surface area contributed by atoms with Crippen molar-refractivity contribution >= 4 is 39.9 Å². The third-order valence-electron chi connectivity index (χ3n) is 2.36. The fourth-order valence-electron chi connectivity index (χ4n) is 1.57. The van der Waals surface area contributed by atoms with Crippen LogP contribution in [0.1, 0.15) is 5.56 Å². The maximum absolute atomic E-state index is 13.1. The first-order chi connectivity index (χ1) is 8.54. The standard InChI is InChI=1S/C13H10ClFINO/c14-9-1-2-13(12(16)5-9)17-7-8-3-10(15)6-11(18)4-8/h1-6,17-18H,7H2. The molecule has 0 spiro atoms. The number of hydrogen-bond acceptors (Lipinski definition) is 2. The van der Waals surface area contributed by atoms with Gasteiger partial charge in [-0.3, -0.25) is 0 Å². The Labute approximate surface area is 123 Å². The maximum atomic E-state index is 13.1. The molecule has 0 bridgehead atoms. The van der Waals surface area contributed by atoms with Gasteiger partial charge in [0.15, 0.2) is 0 Å². The number of hydrogen-bond donors (Lipinski definition) is 2. The predicted octanol–water partition coefficient (Wildman–Crippen LogP) is 4.40. The number of benzene rings is 2. The lowest BCUT2D eigenvalue weighted by Gasteiger charge is -2.09. The van der Waals surface area contributed by atoms with Gasteiger partial charge < -0.3 is 10.4 Å². The van der Waals surface area contributed by atoms with E-state index >= 15 is 0 Å². The fraction of sp³-hybridized carbons (Fsp3) is 0.0769. The second-order valence-corrected chi connectivity index (χ2v) is 5.39. The molecule has 0 saturated carbocycles. The highest BCUT2D eigenvalue weighted by Gasteiger charge is 2.03. The van der Waals surface area contributed by atoms with Crippen LogP contribution < -0.4 is 5.32 Å². The van der Waals surface area contributed by atoms with Crippen LogP contribution in [-0.4, -0.2) is 5.11 Å². The quantitative estimate of drug-likeness (QED) is 0.777. The van der Waals surface area contributed by atoms with Crippen LogP contribution in [-0.2, 0) is 6.54 Å². The molecule has 0 amide bonds. The van der Waals surface area contributed by atoms with Crippen molar-refractivity contribution in [2.24, 2.45) is 0 Å². The zero-order valence-electron chi connectivity index (χ0n) is 9.25. The highest BCUT2D eigenvalue weighted by atomic mass is 127. The Morgan fingerprint density at radius 3 is 2.67 bits per heavy atom. The number of halogens is 3. The minimum absolute atomic E-state index is 0.0717. The fourth-order valence-corrected chi connectivity index (χ4v) is 2.63. The van der Waals surface area contributed by atoms with Crippen LogP contribution in [0.4, 0.5) is 10.1 Å². The highest BCUT2D eigenvalue weighted by Crippen LogP contribution is 2.23. The average molecular weight is 378 g/mol. The Kier molecular flexibility index (Phi) is 4.29. The van der Waals surface area contributed by atoms with Crippen LogP contribution >= 0.6 is 34.2 Å². The van der Waals surface area contributed by atoms with Crippen molar-refractivity contribution in [2.45, 2.75) is 6.54 Å². The first kappa shape index (κ1) is 13.4. The molecule has 0 radical (unpaired) electrons. The van der Waals surface area contributed by atoms with Crippen molar-refractivity contribution in [3.8, 4) is 5.75 Å². The Balaban J connectivity index is 2.11. The molecule has 0 saturated heterocycles. The molecule has 2 aromatic rings. The number of phenolic OH excluding ortho intramolecular Hbond substituents is 1. The third kappa shape index (κ3) is 3.49. The molecule has 0 aliphatic rings. The van der Waals surface area contributed by atoms with Crippen molar-refractivity contribution in [3.05, 3.63) is 56.4 Å². The number of phenols is 1. The minimum Gasteiger partial charge on any atom is -0.508 e. The molecule has 2 nitrogen and oxygen atoms in total. The van der Waals surface area contributed by atoms with Gasteiger partial charge in [0.25, 0.3) is 0 Å². The first-order valence-electron chi connectivity index (χ1n) is 5.22. The number of nitrogens with one attached hydrogen (secondary N) is 1. The van der Waals surface area contributed by atoms with Crippen LogP contribution in [0.2, 0.25) is 5.02 Å². The summed E-state index contributed by atoms with van der Waals surface area (Å²) in [5, 5.41) is 13.1. The van der Waals surface area contributed by atoms with Gasteiger partial charge in [-0.15, -0.1) is 0 Å². The molecule has 18 heavy (non-hydrogen) atoms. The van der Waals surface area contributed by atoms with E-state index in [1.807, 2.05) is 12.1 Å². The third-order valence-corrected chi connectivity index (χ3v) is 3.48. The van der Waals surface area contributed by atoms with E-state index in [4.69, 9.17) is 11.6 Å². The molecule has 2 N–H and O–H groups in total. The van der Waals surface area contributed by atoms with Crippen LogP contribution in [0.15, 0.2) is 36.4 Å². The Hall–Kier alpha value is -1.01. The number of aromatic hydroxyl groups is 1. The summed E-state index contributed by atoms with van der Waals surface area (Å²) in [5.74, 6) is -0.518. The molecule has 5 heteroatoms. The van der Waals surface area contributed by atoms with Crippen molar-refractivity contribution in [1.82, 2.24) is 0 Å². The summed E-state index contributed by atoms with van der Waals surface area (Å²) in [6.07, 6.45) is 0. The Bertz CT molecular complexity index is 557. The van der Waals surface area contributed by atoms with Crippen molar-refractivity contribution in [3.63, 3.8) is 0 Å². The lowest BCUT2D eigenvalue weighted by Crippen LogP contribution is -2.01. The van der Waals surface area contributed by atoms with E-state index in [2.05, 4.69) is 27.9 Å². The zero-order chi connectivity index (χ0) is 13.1. The second-order valence-electron chi connectivity index (χ2n) is 3.80. The molecule has 0 heterocycles. The summed E-state index contributed by atoms with van der Waals surface area (Å²) in [6.45, 7) is 0.433. The van der Waals surface area contributed by atoms with Crippen molar-refractivity contribution < 1.29 is 9.50 Å². The molecular weight excluding hydrogens is 368 g/mol. The average Bonchev–Trinajstić information content (AvgIpc) is 2.26. The molecule has 0 unspecified atom stereocenters. The van der Waals surface area contributed by atoms with Crippen molar-refractivity contribution in [2.75, 3.05) is 5.32 Å². The topological polar surface area (TPSA) is 32.3 Å². The normalized spacial score (nSPS) is 10.4. The lowest BCUT2D eigenvalue weighted by molar-refractivity contribution is 0.468. The van der Waals surface area contributed by atoms with E-state index in [-0.39, 0.29) is 5.75 Å². The van der Waals surface area contributed by atoms with Gasteiger partial charge in [-0.25, -0.2) is 4.39 Å². The van der Waals surface area contributed by atoms with E-state index in [0.29, 0.717) is 17.1 Å². The number of anilines is 1. The maximum Gasteiger partial charge on any atom is 0.127 e. The number of rotatable bonds is 3. The van der Waals surface area contributed by atoms with E-state index in [1.54, 1.807) is 6.07 Å². The summed E-state index contributed by atoms with van der Waals surface area (Å²) in [6, 6.07) is 9.48. The molecule has 0 atom stereocenters. The zero-order valence-corrected chi connectivity index (χ0v) is 12.2. The van der Waals surface area contributed by atoms with Gasteiger partial charge in [0, 0.05) is 26.9 Å². The van der Waals surface area contributed by atoms with Gasteiger partial charge in [-0.1, -0.05) is 11.6 Å². The summed E-state index contributed by atoms with van der Waals surface area (Å²) in [5.41, 5.74) is 1.60. The van der Waals surface area contributed by atoms with Crippen molar-refractivity contribution in [1.29, 1.82) is 0 Å². The summed E-state index contributed by atoms with van der Waals surface area (Å²) in [7, 11) is 0. The van der Waals surface area contributed by atoms with Gasteiger partial charge >= 0.3 is 0 Å². The molecular formula is C13H10ClFINO. The Morgan fingerprint density at radius 2 is 2.00 bits per heavy atom. The molecule has 0 fully saturated rings. The smallest absolute Gasteiger partial charge is 0.127 e. The molecule has 2 aromatic carbocycles. The summed E-state index contributed by atoms with van der Waals surface area (Å²) >= 11 is 8.03. The van der Waals surface area contributed by atoms with Gasteiger partial charge in [0.1, 0.15) is 11.6 Å². The molecule has 0 aliphatic carbocycles. The Morgan fingerprint density at radius 1 is 1.22 bits per heavy atom. The van der Waals surface area contributed by atoms with Crippen LogP contribution in [0, 0.1) is 9.39 Å². The van der Waals surface area contributed by atoms with Crippen LogP contribution in [0.25, 0.3) is 0 Å². The predicted molar refractivity (Wildman–Crippen MR) is 79.6 cm³/mol.